The van der Waals surface area contributed by atoms with E-state index in [0.717, 1.165) is 10.4 Å². The average molecular weight is 235 g/mol. The Bertz CT molecular complexity index is 271. The summed E-state index contributed by atoms with van der Waals surface area (Å²) in [5.41, 5.74) is 0. The first-order valence-corrected chi connectivity index (χ1v) is 6.53. The van der Waals surface area contributed by atoms with Crippen LogP contribution in [0.15, 0.2) is 5.16 Å². The molecule has 1 aliphatic carbocycles. The molecule has 1 aliphatic rings. The lowest BCUT2D eigenvalue weighted by atomic mass is 10.0. The Balaban J connectivity index is 1.89. The van der Waals surface area contributed by atoms with Gasteiger partial charge in [0.2, 0.25) is 9.62 Å². The maximum atomic E-state index is 5.71. The molecular formula is C8H11ClN2S2. The molecule has 2 nitrogen and oxygen atoms in total. The van der Waals surface area contributed by atoms with Crippen molar-refractivity contribution in [1.82, 2.24) is 9.36 Å². The van der Waals surface area contributed by atoms with Crippen LogP contribution >= 0.6 is 34.9 Å². The highest BCUT2D eigenvalue weighted by Crippen LogP contribution is 2.32. The van der Waals surface area contributed by atoms with Gasteiger partial charge >= 0.3 is 0 Å². The van der Waals surface area contributed by atoms with E-state index in [4.69, 9.17) is 11.6 Å². The number of hydrogen-bond donors (Lipinski definition) is 0. The zero-order valence-corrected chi connectivity index (χ0v) is 9.59. The van der Waals surface area contributed by atoms with Crippen molar-refractivity contribution < 1.29 is 0 Å². The van der Waals surface area contributed by atoms with Gasteiger partial charge in [-0.15, -0.1) is 0 Å². The minimum atomic E-state index is 0.554. The summed E-state index contributed by atoms with van der Waals surface area (Å²) in [7, 11) is 0. The van der Waals surface area contributed by atoms with E-state index in [2.05, 4.69) is 9.36 Å². The summed E-state index contributed by atoms with van der Waals surface area (Å²) in [6.07, 6.45) is 6.72. The third-order valence-electron chi connectivity index (χ3n) is 2.21. The first-order valence-electron chi connectivity index (χ1n) is 4.50. The molecule has 1 aromatic heterocycles. The molecule has 2 rings (SSSR count). The Kier molecular flexibility index (Phi) is 3.46. The van der Waals surface area contributed by atoms with Crippen LogP contribution in [0.2, 0.25) is 4.47 Å². The molecule has 0 amide bonds. The van der Waals surface area contributed by atoms with Crippen molar-refractivity contribution in [3.8, 4) is 0 Å². The smallest absolute Gasteiger partial charge is 0.198 e. The average Bonchev–Trinajstić information content (AvgIpc) is 2.53. The number of thioether (sulfide) groups is 1. The van der Waals surface area contributed by atoms with Crippen LogP contribution in [0.5, 0.6) is 0 Å². The maximum absolute atomic E-state index is 5.71. The molecular weight excluding hydrogens is 224 g/mol. The molecule has 1 heterocycles. The van der Waals surface area contributed by atoms with Crippen LogP contribution in [0.25, 0.3) is 0 Å². The van der Waals surface area contributed by atoms with Gasteiger partial charge in [0, 0.05) is 5.25 Å². The first kappa shape index (κ1) is 9.74. The van der Waals surface area contributed by atoms with Gasteiger partial charge in [0.1, 0.15) is 0 Å². The van der Waals surface area contributed by atoms with Gasteiger partial charge in [-0.2, -0.15) is 9.36 Å². The van der Waals surface area contributed by atoms with Crippen molar-refractivity contribution in [1.29, 1.82) is 0 Å². The van der Waals surface area contributed by atoms with Gasteiger partial charge in [-0.1, -0.05) is 31.0 Å². The van der Waals surface area contributed by atoms with Crippen molar-refractivity contribution >= 4 is 34.9 Å². The highest BCUT2D eigenvalue weighted by atomic mass is 35.5. The van der Waals surface area contributed by atoms with Crippen LogP contribution in [-0.4, -0.2) is 14.6 Å². The first-order chi connectivity index (χ1) is 6.34. The second-order valence-corrected chi connectivity index (χ2v) is 5.81. The molecule has 13 heavy (non-hydrogen) atoms. The molecule has 72 valence electrons. The Hall–Kier alpha value is 0.200. The van der Waals surface area contributed by atoms with Gasteiger partial charge in [0.05, 0.1) is 0 Å². The van der Waals surface area contributed by atoms with E-state index in [-0.39, 0.29) is 0 Å². The zero-order chi connectivity index (χ0) is 9.10. The summed E-state index contributed by atoms with van der Waals surface area (Å²) >= 11 is 8.78. The van der Waals surface area contributed by atoms with Gasteiger partial charge in [-0.25, -0.2) is 0 Å². The standard InChI is InChI=1S/C8H11ClN2S2/c9-7-10-8(11-13-7)12-6-4-2-1-3-5-6/h6H,1-5H2. The third-order valence-corrected chi connectivity index (χ3v) is 4.32. The summed E-state index contributed by atoms with van der Waals surface area (Å²) < 4.78 is 4.73. The lowest BCUT2D eigenvalue weighted by molar-refractivity contribution is 0.515. The highest BCUT2D eigenvalue weighted by molar-refractivity contribution is 7.99. The van der Waals surface area contributed by atoms with Gasteiger partial charge in [0.15, 0.2) is 0 Å². The van der Waals surface area contributed by atoms with E-state index in [1.165, 1.54) is 43.6 Å². The van der Waals surface area contributed by atoms with E-state index in [1.807, 2.05) is 0 Å². The summed E-state index contributed by atoms with van der Waals surface area (Å²) in [5.74, 6) is 0. The minimum Gasteiger partial charge on any atom is -0.198 e. The molecule has 0 unspecified atom stereocenters. The largest absolute Gasteiger partial charge is 0.204 e. The van der Waals surface area contributed by atoms with Crippen molar-refractivity contribution in [2.24, 2.45) is 0 Å². The molecule has 0 saturated heterocycles. The maximum Gasteiger partial charge on any atom is 0.204 e. The van der Waals surface area contributed by atoms with Crippen LogP contribution < -0.4 is 0 Å². The fourth-order valence-electron chi connectivity index (χ4n) is 1.57. The summed E-state index contributed by atoms with van der Waals surface area (Å²) in [4.78, 5) is 4.14. The summed E-state index contributed by atoms with van der Waals surface area (Å²) in [5, 5.41) is 1.58. The normalized spacial score (nSPS) is 19.2. The van der Waals surface area contributed by atoms with Crippen molar-refractivity contribution in [2.75, 3.05) is 0 Å². The van der Waals surface area contributed by atoms with E-state index in [0.29, 0.717) is 4.47 Å². The number of aromatic nitrogens is 2. The van der Waals surface area contributed by atoms with Gasteiger partial charge < -0.3 is 0 Å². The fourth-order valence-corrected chi connectivity index (χ4v) is 3.48. The molecule has 0 spiro atoms. The molecule has 5 heteroatoms. The molecule has 1 aromatic rings. The SMILES string of the molecule is Clc1nc(SC2CCCCC2)ns1. The molecule has 0 aliphatic heterocycles. The second kappa shape index (κ2) is 4.62. The zero-order valence-electron chi connectivity index (χ0n) is 7.20. The predicted octanol–water partition coefficient (Wildman–Crippen LogP) is 3.62. The van der Waals surface area contributed by atoms with Crippen molar-refractivity contribution in [3.63, 3.8) is 0 Å². The van der Waals surface area contributed by atoms with Gasteiger partial charge in [-0.05, 0) is 36.0 Å². The number of hydrogen-bond acceptors (Lipinski definition) is 4. The summed E-state index contributed by atoms with van der Waals surface area (Å²) in [6.45, 7) is 0. The topological polar surface area (TPSA) is 25.8 Å². The molecule has 1 fully saturated rings. The van der Waals surface area contributed by atoms with E-state index in [9.17, 15) is 0 Å². The molecule has 0 aromatic carbocycles. The van der Waals surface area contributed by atoms with Crippen LogP contribution in [0.3, 0.4) is 0 Å². The predicted molar refractivity (Wildman–Crippen MR) is 57.6 cm³/mol. The van der Waals surface area contributed by atoms with Crippen LogP contribution in [0.1, 0.15) is 32.1 Å². The third kappa shape index (κ3) is 2.82. The second-order valence-electron chi connectivity index (χ2n) is 3.21. The lowest BCUT2D eigenvalue weighted by Crippen LogP contribution is -2.07. The van der Waals surface area contributed by atoms with E-state index < -0.39 is 0 Å². The minimum absolute atomic E-state index is 0.554. The monoisotopic (exact) mass is 234 g/mol. The van der Waals surface area contributed by atoms with E-state index >= 15 is 0 Å². The van der Waals surface area contributed by atoms with Crippen molar-refractivity contribution in [3.05, 3.63) is 4.47 Å². The van der Waals surface area contributed by atoms with E-state index in [1.54, 1.807) is 11.8 Å². The van der Waals surface area contributed by atoms with Gasteiger partial charge in [0.25, 0.3) is 0 Å². The Labute approximate surface area is 91.3 Å². The fraction of sp³-hybridized carbons (Fsp3) is 0.750. The molecule has 0 radical (unpaired) electrons. The highest BCUT2D eigenvalue weighted by Gasteiger charge is 2.16. The molecule has 1 saturated carbocycles. The van der Waals surface area contributed by atoms with Gasteiger partial charge in [-0.3, -0.25) is 0 Å². The Morgan fingerprint density at radius 1 is 1.31 bits per heavy atom. The Morgan fingerprint density at radius 3 is 2.69 bits per heavy atom. The molecule has 0 atom stereocenters. The molecule has 0 bridgehead atoms. The number of halogens is 1. The summed E-state index contributed by atoms with van der Waals surface area (Å²) in [6, 6.07) is 0. The van der Waals surface area contributed by atoms with Crippen molar-refractivity contribution in [2.45, 2.75) is 42.5 Å². The number of rotatable bonds is 2. The van der Waals surface area contributed by atoms with Crippen LogP contribution in [-0.2, 0) is 0 Å². The number of nitrogens with zero attached hydrogens (tertiary/aromatic N) is 2. The lowest BCUT2D eigenvalue weighted by Gasteiger charge is -2.18. The van der Waals surface area contributed by atoms with Crippen LogP contribution in [0, 0.1) is 0 Å². The molecule has 0 N–H and O–H groups in total. The van der Waals surface area contributed by atoms with Crippen LogP contribution in [0.4, 0.5) is 0 Å². The Morgan fingerprint density at radius 2 is 2.08 bits per heavy atom. The quantitative estimate of drug-likeness (QED) is 0.782.